The molecule has 2 heterocycles. The molecule has 1 aromatic carbocycles. The van der Waals surface area contributed by atoms with Gasteiger partial charge in [0.05, 0.1) is 11.6 Å². The summed E-state index contributed by atoms with van der Waals surface area (Å²) >= 11 is 0. The van der Waals surface area contributed by atoms with Crippen molar-refractivity contribution >= 4 is 11.6 Å². The number of carbonyl (C=O) groups excluding carboxylic acids is 1. The van der Waals surface area contributed by atoms with Gasteiger partial charge >= 0.3 is 0 Å². The molecular weight excluding hydrogens is 299 g/mol. The van der Waals surface area contributed by atoms with Crippen molar-refractivity contribution in [2.45, 2.75) is 24.5 Å². The van der Waals surface area contributed by atoms with Gasteiger partial charge in [-0.3, -0.25) is 4.79 Å². The number of likely N-dealkylation sites (tertiary alicyclic amines) is 1. The highest BCUT2D eigenvalue weighted by molar-refractivity contribution is 5.77. The molecule has 5 nitrogen and oxygen atoms in total. The number of amides is 1. The second kappa shape index (κ2) is 6.45. The summed E-state index contributed by atoms with van der Waals surface area (Å²) in [7, 11) is 3.25. The average molecular weight is 322 g/mol. The Kier molecular flexibility index (Phi) is 4.55. The van der Waals surface area contributed by atoms with E-state index in [-0.39, 0.29) is 30.0 Å². The number of ether oxygens (including phenoxy) is 2. The molecule has 0 bridgehead atoms. The van der Waals surface area contributed by atoms with Crippen LogP contribution in [0.5, 0.6) is 0 Å². The van der Waals surface area contributed by atoms with Crippen LogP contribution >= 0.6 is 0 Å². The summed E-state index contributed by atoms with van der Waals surface area (Å²) in [6, 6.07) is 6.68. The summed E-state index contributed by atoms with van der Waals surface area (Å²) < 4.78 is 24.1. The lowest BCUT2D eigenvalue weighted by molar-refractivity contribution is -0.138. The first kappa shape index (κ1) is 16.2. The maximum absolute atomic E-state index is 13.6. The van der Waals surface area contributed by atoms with E-state index in [0.717, 1.165) is 25.1 Å². The van der Waals surface area contributed by atoms with Crippen LogP contribution in [-0.2, 0) is 14.3 Å². The van der Waals surface area contributed by atoms with E-state index in [9.17, 15) is 9.18 Å². The minimum Gasteiger partial charge on any atom is -0.377 e. The van der Waals surface area contributed by atoms with Crippen molar-refractivity contribution in [3.05, 3.63) is 30.1 Å². The van der Waals surface area contributed by atoms with Gasteiger partial charge in [0, 0.05) is 39.5 Å². The van der Waals surface area contributed by atoms with Crippen molar-refractivity contribution in [3.8, 4) is 0 Å². The Morgan fingerprint density at radius 3 is 2.70 bits per heavy atom. The predicted octanol–water partition coefficient (Wildman–Crippen LogP) is 1.67. The molecule has 6 heteroatoms. The van der Waals surface area contributed by atoms with Crippen LogP contribution in [0.15, 0.2) is 24.3 Å². The van der Waals surface area contributed by atoms with Crippen LogP contribution in [-0.4, -0.2) is 62.9 Å². The SMILES string of the molecule is COCC(=O)N1CCC2(CC1)C(OC)CN2c1cccc(F)c1. The Morgan fingerprint density at radius 1 is 1.35 bits per heavy atom. The lowest BCUT2D eigenvalue weighted by Gasteiger charge is -2.61. The number of piperidine rings is 1. The van der Waals surface area contributed by atoms with E-state index >= 15 is 0 Å². The number of hydrogen-bond acceptors (Lipinski definition) is 4. The van der Waals surface area contributed by atoms with Gasteiger partial charge in [0.2, 0.25) is 5.91 Å². The van der Waals surface area contributed by atoms with Crippen molar-refractivity contribution in [2.75, 3.05) is 45.4 Å². The highest BCUT2D eigenvalue weighted by Gasteiger charge is 2.55. The molecule has 2 saturated heterocycles. The van der Waals surface area contributed by atoms with Crippen molar-refractivity contribution in [1.82, 2.24) is 4.90 Å². The van der Waals surface area contributed by atoms with Crippen LogP contribution in [0, 0.1) is 5.82 Å². The van der Waals surface area contributed by atoms with Gasteiger partial charge in [-0.05, 0) is 31.0 Å². The van der Waals surface area contributed by atoms with E-state index in [0.29, 0.717) is 13.1 Å². The molecule has 1 amide bonds. The van der Waals surface area contributed by atoms with Crippen molar-refractivity contribution in [2.24, 2.45) is 0 Å². The fraction of sp³-hybridized carbons (Fsp3) is 0.588. The first-order chi connectivity index (χ1) is 11.1. The Hall–Kier alpha value is -1.66. The van der Waals surface area contributed by atoms with Gasteiger partial charge in [0.15, 0.2) is 0 Å². The molecule has 1 spiro atoms. The molecule has 0 radical (unpaired) electrons. The molecule has 2 aliphatic heterocycles. The molecule has 2 fully saturated rings. The molecule has 3 rings (SSSR count). The summed E-state index contributed by atoms with van der Waals surface area (Å²) in [5, 5.41) is 0. The molecule has 0 aliphatic carbocycles. The highest BCUT2D eigenvalue weighted by atomic mass is 19.1. The van der Waals surface area contributed by atoms with E-state index in [1.807, 2.05) is 11.0 Å². The van der Waals surface area contributed by atoms with Crippen molar-refractivity contribution in [1.29, 1.82) is 0 Å². The molecule has 0 saturated carbocycles. The van der Waals surface area contributed by atoms with Crippen LogP contribution in [0.2, 0.25) is 0 Å². The maximum atomic E-state index is 13.6. The zero-order valence-corrected chi connectivity index (χ0v) is 13.6. The fourth-order valence-corrected chi connectivity index (χ4v) is 3.83. The molecule has 1 atom stereocenters. The molecular formula is C17H23FN2O3. The largest absolute Gasteiger partial charge is 0.377 e. The third-order valence-electron chi connectivity index (χ3n) is 5.14. The normalized spacial score (nSPS) is 23.0. The molecule has 126 valence electrons. The first-order valence-corrected chi connectivity index (χ1v) is 7.93. The smallest absolute Gasteiger partial charge is 0.248 e. The second-order valence-corrected chi connectivity index (χ2v) is 6.23. The van der Waals surface area contributed by atoms with Gasteiger partial charge in [-0.25, -0.2) is 4.39 Å². The molecule has 23 heavy (non-hydrogen) atoms. The summed E-state index contributed by atoms with van der Waals surface area (Å²) in [5.41, 5.74) is 0.738. The Bertz CT molecular complexity index is 573. The average Bonchev–Trinajstić information content (AvgIpc) is 2.55. The number of benzene rings is 1. The zero-order valence-electron chi connectivity index (χ0n) is 13.6. The molecule has 0 aromatic heterocycles. The second-order valence-electron chi connectivity index (χ2n) is 6.23. The lowest BCUT2D eigenvalue weighted by atomic mass is 9.73. The number of hydrogen-bond donors (Lipinski definition) is 0. The summed E-state index contributed by atoms with van der Waals surface area (Å²) in [5.74, 6) is -0.209. The van der Waals surface area contributed by atoms with Crippen LogP contribution in [0.4, 0.5) is 10.1 Å². The number of carbonyl (C=O) groups is 1. The third kappa shape index (κ3) is 2.81. The van der Waals surface area contributed by atoms with Crippen LogP contribution < -0.4 is 4.90 Å². The molecule has 1 aromatic rings. The lowest BCUT2D eigenvalue weighted by Crippen LogP contribution is -2.74. The van der Waals surface area contributed by atoms with Gasteiger partial charge in [-0.2, -0.15) is 0 Å². The quantitative estimate of drug-likeness (QED) is 0.846. The van der Waals surface area contributed by atoms with Crippen molar-refractivity contribution in [3.63, 3.8) is 0 Å². The van der Waals surface area contributed by atoms with Crippen molar-refractivity contribution < 1.29 is 18.7 Å². The minimum atomic E-state index is -0.230. The molecule has 1 unspecified atom stereocenters. The topological polar surface area (TPSA) is 42.0 Å². The number of nitrogens with zero attached hydrogens (tertiary/aromatic N) is 2. The number of methoxy groups -OCH3 is 2. The Balaban J connectivity index is 1.75. The van der Waals surface area contributed by atoms with E-state index in [2.05, 4.69) is 4.90 Å². The van der Waals surface area contributed by atoms with E-state index in [1.165, 1.54) is 13.2 Å². The van der Waals surface area contributed by atoms with E-state index < -0.39 is 0 Å². The molecule has 0 N–H and O–H groups in total. The van der Waals surface area contributed by atoms with Gasteiger partial charge in [0.25, 0.3) is 0 Å². The first-order valence-electron chi connectivity index (χ1n) is 7.93. The highest BCUT2D eigenvalue weighted by Crippen LogP contribution is 2.44. The monoisotopic (exact) mass is 322 g/mol. The maximum Gasteiger partial charge on any atom is 0.248 e. The number of anilines is 1. The molecule has 2 aliphatic rings. The van der Waals surface area contributed by atoms with E-state index in [4.69, 9.17) is 9.47 Å². The Labute approximate surface area is 136 Å². The van der Waals surface area contributed by atoms with Crippen LogP contribution in [0.25, 0.3) is 0 Å². The predicted molar refractivity (Wildman–Crippen MR) is 85.0 cm³/mol. The summed E-state index contributed by atoms with van der Waals surface area (Å²) in [4.78, 5) is 16.0. The van der Waals surface area contributed by atoms with Gasteiger partial charge in [-0.1, -0.05) is 6.07 Å². The van der Waals surface area contributed by atoms with Crippen LogP contribution in [0.3, 0.4) is 0 Å². The Morgan fingerprint density at radius 2 is 2.09 bits per heavy atom. The number of halogens is 1. The fourth-order valence-electron chi connectivity index (χ4n) is 3.83. The van der Waals surface area contributed by atoms with Gasteiger partial charge in [-0.15, -0.1) is 0 Å². The summed E-state index contributed by atoms with van der Waals surface area (Å²) in [6.07, 6.45) is 1.75. The minimum absolute atomic E-state index is 0.0212. The summed E-state index contributed by atoms with van der Waals surface area (Å²) in [6.45, 7) is 2.22. The van der Waals surface area contributed by atoms with Gasteiger partial charge in [0.1, 0.15) is 12.4 Å². The number of rotatable bonds is 4. The standard InChI is InChI=1S/C17H23FN2O3/c1-22-12-16(21)19-8-6-17(7-9-19)15(23-2)11-20(17)14-5-3-4-13(18)10-14/h3-5,10,15H,6-9,11-12H2,1-2H3. The van der Waals surface area contributed by atoms with Crippen LogP contribution in [0.1, 0.15) is 12.8 Å². The van der Waals surface area contributed by atoms with E-state index in [1.54, 1.807) is 19.2 Å². The zero-order chi connectivity index (χ0) is 16.4. The van der Waals surface area contributed by atoms with Gasteiger partial charge < -0.3 is 19.3 Å². The third-order valence-corrected chi connectivity index (χ3v) is 5.14.